The lowest BCUT2D eigenvalue weighted by Crippen LogP contribution is -2.32. The molecule has 1 aliphatic rings. The van der Waals surface area contributed by atoms with Crippen LogP contribution in [0.25, 0.3) is 0 Å². The van der Waals surface area contributed by atoms with E-state index in [2.05, 4.69) is 37.2 Å². The number of rotatable bonds is 1. The van der Waals surface area contributed by atoms with Crippen LogP contribution in [-0.2, 0) is 0 Å². The number of nitrogens with zero attached hydrogens (tertiary/aromatic N) is 1. The average Bonchev–Trinajstić information content (AvgIpc) is 2.76. The van der Waals surface area contributed by atoms with Crippen molar-refractivity contribution in [1.29, 1.82) is 0 Å². The molecule has 86 valence electrons. The standard InChI is InChI=1S/C11H12Br2N2O/c12-8-3-4-9(13)10(7-8)14-11(16)15-5-1-2-6-15/h3-4,7H,1-2,5-6H2,(H,14,16). The van der Waals surface area contributed by atoms with Gasteiger partial charge in [0.2, 0.25) is 0 Å². The number of hydrogen-bond donors (Lipinski definition) is 1. The first-order valence-corrected chi connectivity index (χ1v) is 6.76. The Labute approximate surface area is 111 Å². The second-order valence-corrected chi connectivity index (χ2v) is 5.52. The van der Waals surface area contributed by atoms with Crippen LogP contribution < -0.4 is 5.32 Å². The van der Waals surface area contributed by atoms with Gasteiger partial charge in [0, 0.05) is 22.0 Å². The van der Waals surface area contributed by atoms with Gasteiger partial charge in [0.25, 0.3) is 0 Å². The molecular formula is C11H12Br2N2O. The van der Waals surface area contributed by atoms with E-state index in [9.17, 15) is 4.79 Å². The number of anilines is 1. The summed E-state index contributed by atoms with van der Waals surface area (Å²) in [6, 6.07) is 5.70. The van der Waals surface area contributed by atoms with Gasteiger partial charge in [0.05, 0.1) is 5.69 Å². The number of nitrogens with one attached hydrogen (secondary N) is 1. The highest BCUT2D eigenvalue weighted by Crippen LogP contribution is 2.26. The molecule has 2 rings (SSSR count). The molecule has 1 aromatic rings. The number of benzene rings is 1. The van der Waals surface area contributed by atoms with E-state index in [4.69, 9.17) is 0 Å². The zero-order valence-corrected chi connectivity index (χ0v) is 11.8. The first kappa shape index (κ1) is 11.9. The van der Waals surface area contributed by atoms with Crippen molar-refractivity contribution in [2.24, 2.45) is 0 Å². The van der Waals surface area contributed by atoms with Crippen molar-refractivity contribution in [3.8, 4) is 0 Å². The second-order valence-electron chi connectivity index (χ2n) is 3.75. The number of hydrogen-bond acceptors (Lipinski definition) is 1. The molecule has 1 N–H and O–H groups in total. The molecule has 2 amide bonds. The van der Waals surface area contributed by atoms with Crippen molar-refractivity contribution >= 4 is 43.6 Å². The second kappa shape index (κ2) is 5.19. The molecule has 0 aromatic heterocycles. The van der Waals surface area contributed by atoms with E-state index >= 15 is 0 Å². The van der Waals surface area contributed by atoms with Gasteiger partial charge in [-0.05, 0) is 47.0 Å². The lowest BCUT2D eigenvalue weighted by atomic mass is 10.3. The minimum Gasteiger partial charge on any atom is -0.325 e. The topological polar surface area (TPSA) is 32.3 Å². The third-order valence-electron chi connectivity index (χ3n) is 2.56. The number of halogens is 2. The Bertz CT molecular complexity index is 403. The molecule has 0 aliphatic carbocycles. The highest BCUT2D eigenvalue weighted by Gasteiger charge is 2.18. The number of urea groups is 1. The molecule has 3 nitrogen and oxygen atoms in total. The zero-order valence-electron chi connectivity index (χ0n) is 8.67. The van der Waals surface area contributed by atoms with Gasteiger partial charge in [0.1, 0.15) is 0 Å². The summed E-state index contributed by atoms with van der Waals surface area (Å²) in [6.45, 7) is 1.72. The molecule has 0 radical (unpaired) electrons. The smallest absolute Gasteiger partial charge is 0.321 e. The van der Waals surface area contributed by atoms with Crippen LogP contribution in [0.1, 0.15) is 12.8 Å². The Balaban J connectivity index is 2.07. The molecule has 16 heavy (non-hydrogen) atoms. The van der Waals surface area contributed by atoms with Crippen LogP contribution in [0.4, 0.5) is 10.5 Å². The molecule has 5 heteroatoms. The lowest BCUT2D eigenvalue weighted by Gasteiger charge is -2.17. The van der Waals surface area contributed by atoms with Gasteiger partial charge in [-0.15, -0.1) is 0 Å². The van der Waals surface area contributed by atoms with Gasteiger partial charge >= 0.3 is 6.03 Å². The van der Waals surface area contributed by atoms with Crippen molar-refractivity contribution in [2.75, 3.05) is 18.4 Å². The molecule has 1 heterocycles. The van der Waals surface area contributed by atoms with E-state index in [0.29, 0.717) is 0 Å². The summed E-state index contributed by atoms with van der Waals surface area (Å²) in [4.78, 5) is 13.7. The number of amides is 2. The molecule has 0 atom stereocenters. The predicted octanol–water partition coefficient (Wildman–Crippen LogP) is 3.84. The van der Waals surface area contributed by atoms with E-state index in [1.165, 1.54) is 0 Å². The summed E-state index contributed by atoms with van der Waals surface area (Å²) in [5, 5.41) is 2.90. The quantitative estimate of drug-likeness (QED) is 0.822. The minimum absolute atomic E-state index is 0.0173. The Morgan fingerprint density at radius 2 is 1.94 bits per heavy atom. The number of carbonyl (C=O) groups excluding carboxylic acids is 1. The normalized spacial score (nSPS) is 15.2. The molecule has 0 bridgehead atoms. The van der Waals surface area contributed by atoms with Crippen LogP contribution in [0.3, 0.4) is 0 Å². The Hall–Kier alpha value is -0.550. The molecule has 0 spiro atoms. The fourth-order valence-corrected chi connectivity index (χ4v) is 2.41. The van der Waals surface area contributed by atoms with Gasteiger partial charge in [0.15, 0.2) is 0 Å². The third-order valence-corrected chi connectivity index (χ3v) is 3.75. The van der Waals surface area contributed by atoms with Crippen LogP contribution >= 0.6 is 31.9 Å². The Kier molecular flexibility index (Phi) is 3.86. The highest BCUT2D eigenvalue weighted by molar-refractivity contribution is 9.11. The van der Waals surface area contributed by atoms with Gasteiger partial charge < -0.3 is 10.2 Å². The molecule has 1 aliphatic heterocycles. The molecule has 1 aromatic carbocycles. The van der Waals surface area contributed by atoms with Gasteiger partial charge in [-0.25, -0.2) is 4.79 Å². The fourth-order valence-electron chi connectivity index (χ4n) is 1.71. The summed E-state index contributed by atoms with van der Waals surface area (Å²) < 4.78 is 1.84. The first-order chi connectivity index (χ1) is 7.66. The summed E-state index contributed by atoms with van der Waals surface area (Å²) in [5.74, 6) is 0. The Morgan fingerprint density at radius 3 is 2.62 bits per heavy atom. The average molecular weight is 348 g/mol. The van der Waals surface area contributed by atoms with E-state index < -0.39 is 0 Å². The van der Waals surface area contributed by atoms with Crippen molar-refractivity contribution in [2.45, 2.75) is 12.8 Å². The monoisotopic (exact) mass is 346 g/mol. The minimum atomic E-state index is -0.0173. The van der Waals surface area contributed by atoms with Crippen molar-refractivity contribution in [3.05, 3.63) is 27.1 Å². The molecule has 1 fully saturated rings. The van der Waals surface area contributed by atoms with E-state index in [0.717, 1.165) is 40.6 Å². The van der Waals surface area contributed by atoms with E-state index in [1.807, 2.05) is 23.1 Å². The van der Waals surface area contributed by atoms with Crippen molar-refractivity contribution in [3.63, 3.8) is 0 Å². The van der Waals surface area contributed by atoms with Gasteiger partial charge in [-0.3, -0.25) is 0 Å². The van der Waals surface area contributed by atoms with Crippen molar-refractivity contribution < 1.29 is 4.79 Å². The molecule has 1 saturated heterocycles. The lowest BCUT2D eigenvalue weighted by molar-refractivity contribution is 0.222. The molecule has 0 saturated carbocycles. The predicted molar refractivity (Wildman–Crippen MR) is 71.7 cm³/mol. The van der Waals surface area contributed by atoms with Gasteiger partial charge in [-0.1, -0.05) is 15.9 Å². The summed E-state index contributed by atoms with van der Waals surface area (Å²) >= 11 is 6.80. The van der Waals surface area contributed by atoms with Crippen LogP contribution in [0, 0.1) is 0 Å². The highest BCUT2D eigenvalue weighted by atomic mass is 79.9. The molecule has 0 unspecified atom stereocenters. The van der Waals surface area contributed by atoms with Crippen molar-refractivity contribution in [1.82, 2.24) is 4.90 Å². The number of carbonyl (C=O) groups is 1. The van der Waals surface area contributed by atoms with Gasteiger partial charge in [-0.2, -0.15) is 0 Å². The maximum atomic E-state index is 11.9. The van der Waals surface area contributed by atoms with E-state index in [-0.39, 0.29) is 6.03 Å². The first-order valence-electron chi connectivity index (χ1n) is 5.18. The molecular weight excluding hydrogens is 336 g/mol. The van der Waals surface area contributed by atoms with Crippen LogP contribution in [-0.4, -0.2) is 24.0 Å². The fraction of sp³-hybridized carbons (Fsp3) is 0.364. The van der Waals surface area contributed by atoms with Crippen LogP contribution in [0.2, 0.25) is 0 Å². The SMILES string of the molecule is O=C(Nc1cc(Br)ccc1Br)N1CCCC1. The zero-order chi connectivity index (χ0) is 11.5. The van der Waals surface area contributed by atoms with E-state index in [1.54, 1.807) is 0 Å². The largest absolute Gasteiger partial charge is 0.325 e. The van der Waals surface area contributed by atoms with Crippen LogP contribution in [0.5, 0.6) is 0 Å². The maximum absolute atomic E-state index is 11.9. The summed E-state index contributed by atoms with van der Waals surface area (Å²) in [5.41, 5.74) is 0.797. The summed E-state index contributed by atoms with van der Waals surface area (Å²) in [7, 11) is 0. The summed E-state index contributed by atoms with van der Waals surface area (Å²) in [6.07, 6.45) is 2.21. The maximum Gasteiger partial charge on any atom is 0.321 e. The van der Waals surface area contributed by atoms with Crippen LogP contribution in [0.15, 0.2) is 27.1 Å². The third kappa shape index (κ3) is 2.77. The Morgan fingerprint density at radius 1 is 1.25 bits per heavy atom. The number of likely N-dealkylation sites (tertiary alicyclic amines) is 1.